The molecule has 0 spiro atoms. The van der Waals surface area contributed by atoms with E-state index in [-0.39, 0.29) is 11.6 Å². The molecule has 0 radical (unpaired) electrons. The highest BCUT2D eigenvalue weighted by atomic mass is 16.5. The molecule has 4 heteroatoms. The first-order valence-corrected chi connectivity index (χ1v) is 6.55. The largest absolute Gasteiger partial charge is 0.496 e. The van der Waals surface area contributed by atoms with Crippen LogP contribution < -0.4 is 14.8 Å². The summed E-state index contributed by atoms with van der Waals surface area (Å²) in [5, 5.41) is 3.60. The fraction of sp³-hybridized carbons (Fsp3) is 0.600. The van der Waals surface area contributed by atoms with Crippen LogP contribution >= 0.6 is 0 Å². The van der Waals surface area contributed by atoms with E-state index in [1.54, 1.807) is 14.2 Å². The molecule has 1 N–H and O–H groups in total. The molecule has 0 bridgehead atoms. The summed E-state index contributed by atoms with van der Waals surface area (Å²) in [5.41, 5.74) is 2.11. The molecule has 0 aromatic heterocycles. The second-order valence-corrected chi connectivity index (χ2v) is 5.61. The van der Waals surface area contributed by atoms with Crippen LogP contribution in [-0.4, -0.2) is 33.0 Å². The van der Waals surface area contributed by atoms with Crippen molar-refractivity contribution in [2.24, 2.45) is 0 Å². The molecular weight excluding hydrogens is 242 g/mol. The third-order valence-electron chi connectivity index (χ3n) is 3.50. The average Bonchev–Trinajstić information content (AvgIpc) is 2.37. The summed E-state index contributed by atoms with van der Waals surface area (Å²) < 4.78 is 16.6. The Morgan fingerprint density at radius 2 is 2.00 bits per heavy atom. The van der Waals surface area contributed by atoms with Gasteiger partial charge in [0.05, 0.1) is 33.5 Å². The Hall–Kier alpha value is -1.26. The molecule has 0 saturated carbocycles. The number of hydrogen-bond acceptors (Lipinski definition) is 4. The minimum Gasteiger partial charge on any atom is -0.496 e. The third kappa shape index (κ3) is 2.85. The van der Waals surface area contributed by atoms with Gasteiger partial charge in [0, 0.05) is 16.7 Å². The number of morpholine rings is 1. The van der Waals surface area contributed by atoms with Gasteiger partial charge in [-0.15, -0.1) is 0 Å². The van der Waals surface area contributed by atoms with Crippen LogP contribution in [0.3, 0.4) is 0 Å². The van der Waals surface area contributed by atoms with E-state index < -0.39 is 0 Å². The van der Waals surface area contributed by atoms with E-state index >= 15 is 0 Å². The van der Waals surface area contributed by atoms with E-state index in [9.17, 15) is 0 Å². The van der Waals surface area contributed by atoms with Gasteiger partial charge in [0.1, 0.15) is 11.5 Å². The molecule has 1 atom stereocenters. The van der Waals surface area contributed by atoms with Crippen LogP contribution in [0.25, 0.3) is 0 Å². The van der Waals surface area contributed by atoms with E-state index in [4.69, 9.17) is 14.2 Å². The summed E-state index contributed by atoms with van der Waals surface area (Å²) in [6.07, 6.45) is 0. The first kappa shape index (κ1) is 14.2. The van der Waals surface area contributed by atoms with Crippen molar-refractivity contribution in [3.05, 3.63) is 23.3 Å². The monoisotopic (exact) mass is 265 g/mol. The second kappa shape index (κ2) is 5.39. The Balaban J connectivity index is 2.36. The van der Waals surface area contributed by atoms with E-state index in [1.165, 1.54) is 0 Å². The van der Waals surface area contributed by atoms with Crippen molar-refractivity contribution in [3.63, 3.8) is 0 Å². The molecule has 0 aliphatic carbocycles. The van der Waals surface area contributed by atoms with Crippen molar-refractivity contribution in [1.82, 2.24) is 5.32 Å². The summed E-state index contributed by atoms with van der Waals surface area (Å²) in [4.78, 5) is 0. The van der Waals surface area contributed by atoms with Gasteiger partial charge in [-0.25, -0.2) is 0 Å². The standard InChI is InChI=1S/C15H23NO3/c1-10-13(17-4)7-6-11(14(10)18-5)12-8-19-9-15(2,3)16-12/h6-7,12,16H,8-9H2,1-5H3. The Bertz CT molecular complexity index is 457. The lowest BCUT2D eigenvalue weighted by molar-refractivity contribution is 0.0121. The van der Waals surface area contributed by atoms with Crippen LogP contribution in [-0.2, 0) is 4.74 Å². The summed E-state index contributed by atoms with van der Waals surface area (Å²) in [5.74, 6) is 1.72. The van der Waals surface area contributed by atoms with Crippen LogP contribution in [0, 0.1) is 6.92 Å². The number of ether oxygens (including phenoxy) is 3. The minimum atomic E-state index is -0.0260. The van der Waals surface area contributed by atoms with Crippen molar-refractivity contribution in [2.45, 2.75) is 32.4 Å². The highest BCUT2D eigenvalue weighted by Crippen LogP contribution is 2.36. The summed E-state index contributed by atoms with van der Waals surface area (Å²) in [7, 11) is 3.37. The van der Waals surface area contributed by atoms with E-state index in [1.807, 2.05) is 19.1 Å². The Labute approximate surface area is 115 Å². The number of hydrogen-bond donors (Lipinski definition) is 1. The normalized spacial score (nSPS) is 22.1. The van der Waals surface area contributed by atoms with E-state index in [0.717, 1.165) is 29.2 Å². The molecule has 0 amide bonds. The first-order valence-electron chi connectivity index (χ1n) is 6.55. The SMILES string of the molecule is COc1ccc(C2COCC(C)(C)N2)c(OC)c1C. The molecule has 1 aromatic rings. The van der Waals surface area contributed by atoms with Gasteiger partial charge in [0.2, 0.25) is 0 Å². The van der Waals surface area contributed by atoms with Gasteiger partial charge in [0.15, 0.2) is 0 Å². The Kier molecular flexibility index (Phi) is 4.02. The molecule has 2 rings (SSSR count). The van der Waals surface area contributed by atoms with Gasteiger partial charge in [-0.05, 0) is 32.9 Å². The molecule has 1 aliphatic heterocycles. The molecule has 1 saturated heterocycles. The van der Waals surface area contributed by atoms with Gasteiger partial charge in [-0.2, -0.15) is 0 Å². The first-order chi connectivity index (χ1) is 8.98. The zero-order chi connectivity index (χ0) is 14.0. The highest BCUT2D eigenvalue weighted by molar-refractivity contribution is 5.50. The number of rotatable bonds is 3. The van der Waals surface area contributed by atoms with E-state index in [2.05, 4.69) is 19.2 Å². The van der Waals surface area contributed by atoms with Gasteiger partial charge in [-0.3, -0.25) is 0 Å². The topological polar surface area (TPSA) is 39.7 Å². The molecule has 1 unspecified atom stereocenters. The van der Waals surface area contributed by atoms with Crippen molar-refractivity contribution >= 4 is 0 Å². The maximum atomic E-state index is 5.70. The Morgan fingerprint density at radius 1 is 1.26 bits per heavy atom. The molecule has 19 heavy (non-hydrogen) atoms. The molecule has 106 valence electrons. The van der Waals surface area contributed by atoms with Crippen molar-refractivity contribution in [1.29, 1.82) is 0 Å². The molecule has 1 aliphatic rings. The zero-order valence-corrected chi connectivity index (χ0v) is 12.4. The minimum absolute atomic E-state index is 0.0260. The zero-order valence-electron chi connectivity index (χ0n) is 12.4. The lowest BCUT2D eigenvalue weighted by Gasteiger charge is -2.37. The van der Waals surface area contributed by atoms with E-state index in [0.29, 0.717) is 6.61 Å². The van der Waals surface area contributed by atoms with Crippen LogP contribution in [0.15, 0.2) is 12.1 Å². The van der Waals surface area contributed by atoms with Crippen LogP contribution in [0.4, 0.5) is 0 Å². The fourth-order valence-corrected chi connectivity index (χ4v) is 2.62. The fourth-order valence-electron chi connectivity index (χ4n) is 2.62. The summed E-state index contributed by atoms with van der Waals surface area (Å²) >= 11 is 0. The van der Waals surface area contributed by atoms with Gasteiger partial charge >= 0.3 is 0 Å². The molecule has 1 aromatic carbocycles. The van der Waals surface area contributed by atoms with Crippen molar-refractivity contribution in [2.75, 3.05) is 27.4 Å². The van der Waals surface area contributed by atoms with Crippen LogP contribution in [0.2, 0.25) is 0 Å². The number of nitrogens with one attached hydrogen (secondary N) is 1. The third-order valence-corrected chi connectivity index (χ3v) is 3.50. The number of methoxy groups -OCH3 is 2. The predicted molar refractivity (Wildman–Crippen MR) is 75.1 cm³/mol. The van der Waals surface area contributed by atoms with Crippen molar-refractivity contribution < 1.29 is 14.2 Å². The Morgan fingerprint density at radius 3 is 2.58 bits per heavy atom. The second-order valence-electron chi connectivity index (χ2n) is 5.61. The lowest BCUT2D eigenvalue weighted by atomic mass is 9.96. The maximum absolute atomic E-state index is 5.70. The summed E-state index contributed by atoms with van der Waals surface area (Å²) in [6.45, 7) is 7.67. The van der Waals surface area contributed by atoms with Gasteiger partial charge < -0.3 is 19.5 Å². The quantitative estimate of drug-likeness (QED) is 0.911. The number of benzene rings is 1. The lowest BCUT2D eigenvalue weighted by Crippen LogP contribution is -2.51. The molecular formula is C15H23NO3. The van der Waals surface area contributed by atoms with Crippen LogP contribution in [0.5, 0.6) is 11.5 Å². The smallest absolute Gasteiger partial charge is 0.130 e. The maximum Gasteiger partial charge on any atom is 0.130 e. The predicted octanol–water partition coefficient (Wildman–Crippen LogP) is 2.45. The molecule has 4 nitrogen and oxygen atoms in total. The molecule has 1 fully saturated rings. The van der Waals surface area contributed by atoms with Crippen molar-refractivity contribution in [3.8, 4) is 11.5 Å². The molecule has 1 heterocycles. The summed E-state index contributed by atoms with van der Waals surface area (Å²) in [6, 6.07) is 4.17. The average molecular weight is 265 g/mol. The van der Waals surface area contributed by atoms with Crippen LogP contribution in [0.1, 0.15) is 31.0 Å². The highest BCUT2D eigenvalue weighted by Gasteiger charge is 2.30. The van der Waals surface area contributed by atoms with Gasteiger partial charge in [-0.1, -0.05) is 0 Å². The van der Waals surface area contributed by atoms with Gasteiger partial charge in [0.25, 0.3) is 0 Å².